The zero-order valence-electron chi connectivity index (χ0n) is 8.08. The lowest BCUT2D eigenvalue weighted by Gasteiger charge is -2.26. The van der Waals surface area contributed by atoms with Crippen molar-refractivity contribution in [3.63, 3.8) is 0 Å². The Morgan fingerprint density at radius 3 is 3.07 bits per heavy atom. The van der Waals surface area contributed by atoms with Gasteiger partial charge in [-0.25, -0.2) is 4.79 Å². The molecular formula is C9H11N5O. The molecule has 1 heterocycles. The normalized spacial score (nSPS) is 15.1. The van der Waals surface area contributed by atoms with Crippen molar-refractivity contribution < 1.29 is 4.79 Å². The van der Waals surface area contributed by atoms with Crippen LogP contribution in [0.4, 0.5) is 10.6 Å². The fourth-order valence-electron chi connectivity index (χ4n) is 1.35. The van der Waals surface area contributed by atoms with Crippen LogP contribution in [-0.2, 0) is 0 Å². The fraction of sp³-hybridized carbons (Fsp3) is 0.444. The van der Waals surface area contributed by atoms with E-state index < -0.39 is 0 Å². The number of hydrogen-bond acceptors (Lipinski definition) is 3. The van der Waals surface area contributed by atoms with Crippen LogP contribution < -0.4 is 10.6 Å². The molecule has 2 rings (SSSR count). The molecule has 6 nitrogen and oxygen atoms in total. The van der Waals surface area contributed by atoms with Crippen LogP contribution in [0.3, 0.4) is 0 Å². The maximum absolute atomic E-state index is 11.4. The second kappa shape index (κ2) is 4.00. The molecule has 0 radical (unpaired) electrons. The van der Waals surface area contributed by atoms with Gasteiger partial charge in [-0.1, -0.05) is 0 Å². The molecule has 0 aliphatic heterocycles. The number of nitriles is 1. The number of carbonyl (C=O) groups excluding carboxylic acids is 1. The number of nitrogens with zero attached hydrogens (tertiary/aromatic N) is 2. The summed E-state index contributed by atoms with van der Waals surface area (Å²) in [5, 5.41) is 20.2. The highest BCUT2D eigenvalue weighted by molar-refractivity contribution is 5.89. The zero-order valence-corrected chi connectivity index (χ0v) is 8.08. The number of carbonyl (C=O) groups is 1. The average molecular weight is 205 g/mol. The van der Waals surface area contributed by atoms with E-state index in [1.54, 1.807) is 0 Å². The van der Waals surface area contributed by atoms with Gasteiger partial charge in [0, 0.05) is 6.04 Å². The molecule has 0 atom stereocenters. The quantitative estimate of drug-likeness (QED) is 0.671. The number of H-pyrrole nitrogens is 1. The van der Waals surface area contributed by atoms with Crippen molar-refractivity contribution in [2.24, 2.45) is 0 Å². The predicted molar refractivity (Wildman–Crippen MR) is 53.1 cm³/mol. The molecule has 0 unspecified atom stereocenters. The summed E-state index contributed by atoms with van der Waals surface area (Å²) in [4.78, 5) is 11.4. The molecule has 3 N–H and O–H groups in total. The second-order valence-corrected chi connectivity index (χ2v) is 3.50. The maximum atomic E-state index is 11.4. The molecule has 1 aliphatic rings. The molecule has 1 fully saturated rings. The second-order valence-electron chi connectivity index (χ2n) is 3.50. The molecule has 1 aromatic heterocycles. The lowest BCUT2D eigenvalue weighted by atomic mass is 9.93. The summed E-state index contributed by atoms with van der Waals surface area (Å²) < 4.78 is 0. The van der Waals surface area contributed by atoms with Crippen LogP contribution in [0.15, 0.2) is 6.20 Å². The summed E-state index contributed by atoms with van der Waals surface area (Å²) in [5.41, 5.74) is 0.332. The number of rotatable bonds is 2. The van der Waals surface area contributed by atoms with E-state index in [4.69, 9.17) is 5.26 Å². The van der Waals surface area contributed by atoms with E-state index in [2.05, 4.69) is 20.8 Å². The third kappa shape index (κ3) is 2.07. The van der Waals surface area contributed by atoms with Crippen molar-refractivity contribution in [3.05, 3.63) is 11.8 Å². The van der Waals surface area contributed by atoms with Gasteiger partial charge in [0.05, 0.1) is 6.20 Å². The standard InChI is InChI=1S/C9H11N5O/c10-4-6-5-11-14-8(6)13-9(15)12-7-2-1-3-7/h5,7H,1-3H2,(H3,11,12,13,14,15). The lowest BCUT2D eigenvalue weighted by Crippen LogP contribution is -2.42. The van der Waals surface area contributed by atoms with Gasteiger partial charge in [0.25, 0.3) is 0 Å². The SMILES string of the molecule is N#Cc1cn[nH]c1NC(=O)NC1CCC1. The topological polar surface area (TPSA) is 93.6 Å². The lowest BCUT2D eigenvalue weighted by molar-refractivity contribution is 0.240. The zero-order chi connectivity index (χ0) is 10.7. The molecule has 1 saturated carbocycles. The Labute approximate surface area is 86.7 Å². The first-order chi connectivity index (χ1) is 7.29. The first kappa shape index (κ1) is 9.52. The van der Waals surface area contributed by atoms with E-state index in [-0.39, 0.29) is 12.1 Å². The number of nitrogens with one attached hydrogen (secondary N) is 3. The van der Waals surface area contributed by atoms with Gasteiger partial charge in [-0.3, -0.25) is 10.4 Å². The van der Waals surface area contributed by atoms with Crippen LogP contribution in [0.2, 0.25) is 0 Å². The van der Waals surface area contributed by atoms with Gasteiger partial charge >= 0.3 is 6.03 Å². The summed E-state index contributed by atoms with van der Waals surface area (Å²) in [6.45, 7) is 0. The third-order valence-corrected chi connectivity index (χ3v) is 2.44. The van der Waals surface area contributed by atoms with E-state index in [9.17, 15) is 4.79 Å². The minimum absolute atomic E-state index is 0.276. The van der Waals surface area contributed by atoms with Crippen LogP contribution in [0.1, 0.15) is 24.8 Å². The fourth-order valence-corrected chi connectivity index (χ4v) is 1.35. The Balaban J connectivity index is 1.90. The number of urea groups is 1. The predicted octanol–water partition coefficient (Wildman–Crippen LogP) is 0.955. The van der Waals surface area contributed by atoms with Crippen LogP contribution in [0.5, 0.6) is 0 Å². The van der Waals surface area contributed by atoms with Crippen molar-refractivity contribution in [1.82, 2.24) is 15.5 Å². The van der Waals surface area contributed by atoms with Crippen LogP contribution in [-0.4, -0.2) is 22.3 Å². The summed E-state index contributed by atoms with van der Waals surface area (Å²) in [6, 6.07) is 1.91. The van der Waals surface area contributed by atoms with Gasteiger partial charge in [0.1, 0.15) is 17.5 Å². The Hall–Kier alpha value is -2.03. The van der Waals surface area contributed by atoms with Gasteiger partial charge in [-0.05, 0) is 19.3 Å². The number of hydrogen-bond donors (Lipinski definition) is 3. The maximum Gasteiger partial charge on any atom is 0.320 e. The molecule has 0 aromatic carbocycles. The minimum Gasteiger partial charge on any atom is -0.335 e. The summed E-state index contributed by atoms with van der Waals surface area (Å²) in [6.07, 6.45) is 4.60. The Bertz CT molecular complexity index is 401. The summed E-state index contributed by atoms with van der Waals surface area (Å²) >= 11 is 0. The Morgan fingerprint density at radius 2 is 2.47 bits per heavy atom. The number of amides is 2. The van der Waals surface area contributed by atoms with E-state index >= 15 is 0 Å². The first-order valence-corrected chi connectivity index (χ1v) is 4.80. The molecule has 1 aliphatic carbocycles. The van der Waals surface area contributed by atoms with Crippen molar-refractivity contribution >= 4 is 11.8 Å². The van der Waals surface area contributed by atoms with Crippen LogP contribution in [0, 0.1) is 11.3 Å². The summed E-state index contributed by atoms with van der Waals surface area (Å²) in [7, 11) is 0. The highest BCUT2D eigenvalue weighted by atomic mass is 16.2. The number of anilines is 1. The molecule has 6 heteroatoms. The van der Waals surface area contributed by atoms with Gasteiger partial charge < -0.3 is 5.32 Å². The van der Waals surface area contributed by atoms with Gasteiger partial charge in [-0.15, -0.1) is 0 Å². The third-order valence-electron chi connectivity index (χ3n) is 2.44. The monoisotopic (exact) mass is 205 g/mol. The molecular weight excluding hydrogens is 194 g/mol. The molecule has 1 aromatic rings. The van der Waals surface area contributed by atoms with Gasteiger partial charge in [-0.2, -0.15) is 10.4 Å². The highest BCUT2D eigenvalue weighted by Gasteiger charge is 2.19. The highest BCUT2D eigenvalue weighted by Crippen LogP contribution is 2.18. The van der Waals surface area contributed by atoms with Crippen molar-refractivity contribution in [3.8, 4) is 6.07 Å². The van der Waals surface area contributed by atoms with Crippen molar-refractivity contribution in [2.45, 2.75) is 25.3 Å². The first-order valence-electron chi connectivity index (χ1n) is 4.80. The molecule has 78 valence electrons. The van der Waals surface area contributed by atoms with E-state index in [0.29, 0.717) is 11.4 Å². The van der Waals surface area contributed by atoms with Crippen molar-refractivity contribution in [1.29, 1.82) is 5.26 Å². The van der Waals surface area contributed by atoms with Crippen LogP contribution >= 0.6 is 0 Å². The minimum atomic E-state index is -0.291. The molecule has 0 bridgehead atoms. The largest absolute Gasteiger partial charge is 0.335 e. The molecule has 0 saturated heterocycles. The Kier molecular flexibility index (Phi) is 2.54. The summed E-state index contributed by atoms with van der Waals surface area (Å²) in [5.74, 6) is 0.342. The Morgan fingerprint density at radius 1 is 1.67 bits per heavy atom. The van der Waals surface area contributed by atoms with Crippen molar-refractivity contribution in [2.75, 3.05) is 5.32 Å². The van der Waals surface area contributed by atoms with E-state index in [0.717, 1.165) is 12.8 Å². The van der Waals surface area contributed by atoms with Gasteiger partial charge in [0.15, 0.2) is 0 Å². The molecule has 2 amide bonds. The average Bonchev–Trinajstić information content (AvgIpc) is 2.59. The molecule has 15 heavy (non-hydrogen) atoms. The van der Waals surface area contributed by atoms with Crippen LogP contribution in [0.25, 0.3) is 0 Å². The number of aromatic amines is 1. The van der Waals surface area contributed by atoms with E-state index in [1.807, 2.05) is 6.07 Å². The van der Waals surface area contributed by atoms with E-state index in [1.165, 1.54) is 12.6 Å². The molecule has 0 spiro atoms. The van der Waals surface area contributed by atoms with Gasteiger partial charge in [0.2, 0.25) is 0 Å². The smallest absolute Gasteiger partial charge is 0.320 e. The number of aromatic nitrogens is 2.